The summed E-state index contributed by atoms with van der Waals surface area (Å²) in [6, 6.07) is 0.924. The molecule has 21 heavy (non-hydrogen) atoms. The Morgan fingerprint density at radius 1 is 0.714 bits per heavy atom. The van der Waals surface area contributed by atoms with Gasteiger partial charge in [0.25, 0.3) is 0 Å². The SMILES string of the molecule is CC(C)(C)[N-]C[N-]C(C)(C)C.C[N-]C(C)CC(C)[N-]C.[Co]. The Morgan fingerprint density at radius 3 is 1.19 bits per heavy atom. The topological polar surface area (TPSA) is 56.4 Å². The second kappa shape index (κ2) is 12.8. The molecule has 0 aliphatic heterocycles. The predicted molar refractivity (Wildman–Crippen MR) is 93.2 cm³/mol. The van der Waals surface area contributed by atoms with Crippen molar-refractivity contribution in [2.45, 2.75) is 85.0 Å². The molecule has 0 aromatic carbocycles. The van der Waals surface area contributed by atoms with Gasteiger partial charge in [0.1, 0.15) is 0 Å². The Balaban J connectivity index is -0.000000300. The van der Waals surface area contributed by atoms with E-state index in [2.05, 4.69) is 76.7 Å². The monoisotopic (exact) mass is 343 g/mol. The molecule has 0 amide bonds. The van der Waals surface area contributed by atoms with E-state index in [1.54, 1.807) is 0 Å². The molecular formula is C16H36CoN4-4. The molecule has 1 radical (unpaired) electrons. The molecule has 0 fully saturated rings. The van der Waals surface area contributed by atoms with Gasteiger partial charge in [0, 0.05) is 16.8 Å². The summed E-state index contributed by atoms with van der Waals surface area (Å²) in [5.74, 6) is 0. The van der Waals surface area contributed by atoms with Crippen molar-refractivity contribution in [2.75, 3.05) is 20.8 Å². The van der Waals surface area contributed by atoms with Crippen LogP contribution in [-0.2, 0) is 16.8 Å². The zero-order valence-electron chi connectivity index (χ0n) is 15.7. The zero-order chi connectivity index (χ0) is 16.4. The molecule has 0 spiro atoms. The molecule has 5 heteroatoms. The van der Waals surface area contributed by atoms with E-state index >= 15 is 0 Å². The van der Waals surface area contributed by atoms with Crippen LogP contribution in [0.2, 0.25) is 0 Å². The Bertz CT molecular complexity index is 199. The van der Waals surface area contributed by atoms with Gasteiger partial charge < -0.3 is 21.3 Å². The molecular weight excluding hydrogens is 307 g/mol. The van der Waals surface area contributed by atoms with Crippen LogP contribution in [0.5, 0.6) is 0 Å². The average Bonchev–Trinajstić information content (AvgIpc) is 2.25. The van der Waals surface area contributed by atoms with E-state index in [-0.39, 0.29) is 27.9 Å². The van der Waals surface area contributed by atoms with Crippen molar-refractivity contribution in [3.05, 3.63) is 21.3 Å². The van der Waals surface area contributed by atoms with Gasteiger partial charge in [0.2, 0.25) is 0 Å². The molecule has 0 aromatic rings. The minimum Gasteiger partial charge on any atom is -0.676 e. The standard InChI is InChI=1S/C9H20N2.C7H16N2.Co/c1-8(2,3)10-7-11-9(4,5)6;1-6(8-3)5-7(2)9-4;/h7H2,1-6H3;6-7H,5H2,1-4H3;/q2*-2;. The minimum absolute atomic E-state index is 0. The molecule has 0 saturated carbocycles. The Morgan fingerprint density at radius 2 is 1.00 bits per heavy atom. The fourth-order valence-electron chi connectivity index (χ4n) is 1.16. The van der Waals surface area contributed by atoms with Crippen LogP contribution >= 0.6 is 0 Å². The van der Waals surface area contributed by atoms with Crippen molar-refractivity contribution >= 4 is 0 Å². The molecule has 0 rings (SSSR count). The summed E-state index contributed by atoms with van der Waals surface area (Å²) in [4.78, 5) is 0. The van der Waals surface area contributed by atoms with Gasteiger partial charge in [-0.3, -0.25) is 6.67 Å². The van der Waals surface area contributed by atoms with Crippen molar-refractivity contribution < 1.29 is 16.8 Å². The van der Waals surface area contributed by atoms with E-state index in [9.17, 15) is 0 Å². The summed E-state index contributed by atoms with van der Waals surface area (Å²) in [7, 11) is 3.71. The predicted octanol–water partition coefficient (Wildman–Crippen LogP) is 5.45. The second-order valence-electron chi connectivity index (χ2n) is 7.25. The number of hydrogen-bond donors (Lipinski definition) is 0. The summed E-state index contributed by atoms with van der Waals surface area (Å²) < 4.78 is 0. The van der Waals surface area contributed by atoms with Crippen molar-refractivity contribution in [3.8, 4) is 0 Å². The van der Waals surface area contributed by atoms with E-state index in [0.717, 1.165) is 6.42 Å². The Labute approximate surface area is 144 Å². The first-order chi connectivity index (χ1) is 8.91. The van der Waals surface area contributed by atoms with Crippen LogP contribution in [0.4, 0.5) is 0 Å². The van der Waals surface area contributed by atoms with Gasteiger partial charge in [-0.05, 0) is 0 Å². The van der Waals surface area contributed by atoms with Crippen LogP contribution in [0.15, 0.2) is 0 Å². The maximum atomic E-state index is 4.38. The van der Waals surface area contributed by atoms with Crippen LogP contribution in [0.25, 0.3) is 21.3 Å². The molecule has 0 aromatic heterocycles. The zero-order valence-corrected chi connectivity index (χ0v) is 16.7. The van der Waals surface area contributed by atoms with Gasteiger partial charge >= 0.3 is 0 Å². The first-order valence-electron chi connectivity index (χ1n) is 7.46. The normalized spacial score (nSPS) is 14.6. The van der Waals surface area contributed by atoms with Crippen LogP contribution in [0, 0.1) is 0 Å². The van der Waals surface area contributed by atoms with Crippen LogP contribution in [0.1, 0.15) is 61.8 Å². The maximum Gasteiger partial charge on any atom is 0 e. The molecule has 0 saturated heterocycles. The molecule has 0 aliphatic rings. The third kappa shape index (κ3) is 25.6. The fourth-order valence-corrected chi connectivity index (χ4v) is 1.16. The summed E-state index contributed by atoms with van der Waals surface area (Å²) in [6.07, 6.45) is 1.08. The Hall–Kier alpha value is 0.346. The van der Waals surface area contributed by atoms with Crippen LogP contribution < -0.4 is 0 Å². The molecule has 2 atom stereocenters. The van der Waals surface area contributed by atoms with Crippen LogP contribution in [0.3, 0.4) is 0 Å². The summed E-state index contributed by atoms with van der Waals surface area (Å²) in [6.45, 7) is 17.4. The fraction of sp³-hybridized carbons (Fsp3) is 1.00. The van der Waals surface area contributed by atoms with Gasteiger partial charge in [-0.15, -0.1) is 23.2 Å². The van der Waals surface area contributed by atoms with Gasteiger partial charge in [0.15, 0.2) is 0 Å². The maximum absolute atomic E-state index is 4.38. The van der Waals surface area contributed by atoms with Crippen LogP contribution in [-0.4, -0.2) is 43.9 Å². The summed E-state index contributed by atoms with van der Waals surface area (Å²) >= 11 is 0. The van der Waals surface area contributed by atoms with Gasteiger partial charge in [-0.25, -0.2) is 0 Å². The molecule has 2 unspecified atom stereocenters. The van der Waals surface area contributed by atoms with Gasteiger partial charge in [-0.1, -0.05) is 61.8 Å². The molecule has 0 aliphatic carbocycles. The van der Waals surface area contributed by atoms with Crippen molar-refractivity contribution in [1.82, 2.24) is 0 Å². The number of nitrogens with zero attached hydrogens (tertiary/aromatic N) is 4. The van der Waals surface area contributed by atoms with Crippen molar-refractivity contribution in [1.29, 1.82) is 0 Å². The quantitative estimate of drug-likeness (QED) is 0.616. The summed E-state index contributed by atoms with van der Waals surface area (Å²) in [5.41, 5.74) is 0.101. The number of rotatable bonds is 6. The van der Waals surface area contributed by atoms with E-state index in [0.29, 0.717) is 18.8 Å². The van der Waals surface area contributed by atoms with E-state index in [4.69, 9.17) is 0 Å². The summed E-state index contributed by atoms with van der Waals surface area (Å²) in [5, 5.41) is 17.0. The first-order valence-corrected chi connectivity index (χ1v) is 7.46. The Kier molecular flexibility index (Phi) is 16.1. The molecule has 133 valence electrons. The molecule has 0 N–H and O–H groups in total. The van der Waals surface area contributed by atoms with Crippen molar-refractivity contribution in [2.24, 2.45) is 0 Å². The number of hydrogen-bond acceptors (Lipinski definition) is 0. The smallest absolute Gasteiger partial charge is 0 e. The molecule has 4 nitrogen and oxygen atoms in total. The first kappa shape index (κ1) is 26.3. The van der Waals surface area contributed by atoms with Gasteiger partial charge in [0.05, 0.1) is 0 Å². The van der Waals surface area contributed by atoms with E-state index in [1.807, 2.05) is 14.1 Å². The second-order valence-corrected chi connectivity index (χ2v) is 7.25. The van der Waals surface area contributed by atoms with Gasteiger partial charge in [-0.2, -0.15) is 14.1 Å². The minimum atomic E-state index is 0. The molecule has 0 heterocycles. The largest absolute Gasteiger partial charge is 0.676 e. The third-order valence-electron chi connectivity index (χ3n) is 2.65. The van der Waals surface area contributed by atoms with Crippen molar-refractivity contribution in [3.63, 3.8) is 0 Å². The third-order valence-corrected chi connectivity index (χ3v) is 2.65. The average molecular weight is 343 g/mol. The van der Waals surface area contributed by atoms with E-state index < -0.39 is 0 Å². The molecule has 0 bridgehead atoms. The van der Waals surface area contributed by atoms with E-state index in [1.165, 1.54) is 0 Å².